The van der Waals surface area contributed by atoms with Gasteiger partial charge in [0.25, 0.3) is 0 Å². The van der Waals surface area contributed by atoms with Gasteiger partial charge in [0.15, 0.2) is 0 Å². The van der Waals surface area contributed by atoms with Crippen molar-refractivity contribution in [3.05, 3.63) is 124 Å². The number of benzene rings is 4. The Labute approximate surface area is 230 Å². The molecule has 4 aromatic carbocycles. The van der Waals surface area contributed by atoms with Crippen molar-refractivity contribution in [1.29, 1.82) is 5.26 Å². The van der Waals surface area contributed by atoms with Gasteiger partial charge < -0.3 is 9.47 Å². The molecule has 0 aliphatic carbocycles. The molecule has 0 unspecified atom stereocenters. The number of methoxy groups -OCH3 is 1. The fourth-order valence-electron chi connectivity index (χ4n) is 5.31. The lowest BCUT2D eigenvalue weighted by Crippen LogP contribution is -2.46. The first-order chi connectivity index (χ1) is 19.1. The van der Waals surface area contributed by atoms with Gasteiger partial charge in [-0.2, -0.15) is 5.26 Å². The minimum atomic E-state index is -0.336. The normalized spacial score (nSPS) is 14.7. The highest BCUT2D eigenvalue weighted by Gasteiger charge is 2.32. The number of esters is 1. The highest BCUT2D eigenvalue weighted by Crippen LogP contribution is 2.30. The molecule has 1 aliphatic rings. The van der Waals surface area contributed by atoms with E-state index in [1.54, 1.807) is 6.07 Å². The summed E-state index contributed by atoms with van der Waals surface area (Å²) in [7, 11) is 1.44. The Kier molecular flexibility index (Phi) is 8.05. The molecule has 39 heavy (non-hydrogen) atoms. The Balaban J connectivity index is 1.31. The minimum Gasteiger partial charge on any atom is -0.489 e. The number of ether oxygens (including phenoxy) is 2. The number of hydrogen-bond donors (Lipinski definition) is 0. The van der Waals surface area contributed by atoms with Crippen LogP contribution in [0, 0.1) is 18.3 Å². The summed E-state index contributed by atoms with van der Waals surface area (Å²) in [4.78, 5) is 14.8. The largest absolute Gasteiger partial charge is 0.489 e. The van der Waals surface area contributed by atoms with Gasteiger partial charge in [-0.25, -0.2) is 0 Å². The number of carbonyl (C=O) groups is 1. The van der Waals surface area contributed by atoms with E-state index in [1.165, 1.54) is 23.8 Å². The molecule has 0 saturated heterocycles. The van der Waals surface area contributed by atoms with Crippen molar-refractivity contribution in [3.8, 4) is 22.9 Å². The van der Waals surface area contributed by atoms with E-state index >= 15 is 0 Å². The van der Waals surface area contributed by atoms with Gasteiger partial charge in [0.2, 0.25) is 0 Å². The molecule has 0 saturated carbocycles. The van der Waals surface area contributed by atoms with Crippen LogP contribution < -0.4 is 4.74 Å². The average Bonchev–Trinajstić information content (AvgIpc) is 2.99. The molecule has 0 aromatic heterocycles. The van der Waals surface area contributed by atoms with Crippen molar-refractivity contribution in [2.45, 2.75) is 39.0 Å². The van der Waals surface area contributed by atoms with Crippen molar-refractivity contribution >= 4 is 5.97 Å². The van der Waals surface area contributed by atoms with Gasteiger partial charge in [0.05, 0.1) is 18.7 Å². The van der Waals surface area contributed by atoms with E-state index in [-0.39, 0.29) is 12.0 Å². The number of nitriles is 1. The zero-order valence-electron chi connectivity index (χ0n) is 22.4. The van der Waals surface area contributed by atoms with E-state index in [9.17, 15) is 10.1 Å². The lowest BCUT2D eigenvalue weighted by atomic mass is 9.93. The molecular weight excluding hydrogens is 484 g/mol. The third kappa shape index (κ3) is 6.03. The van der Waals surface area contributed by atoms with Crippen LogP contribution in [-0.2, 0) is 35.5 Å². The molecule has 0 N–H and O–H groups in total. The molecule has 1 atom stereocenters. The summed E-state index contributed by atoms with van der Waals surface area (Å²) in [5.74, 6) is 0.594. The molecule has 4 aromatic rings. The monoisotopic (exact) mass is 516 g/mol. The smallest absolute Gasteiger partial charge is 0.323 e. The predicted molar refractivity (Wildman–Crippen MR) is 152 cm³/mol. The van der Waals surface area contributed by atoms with Gasteiger partial charge in [0, 0.05) is 13.1 Å². The molecule has 1 aliphatic heterocycles. The molecule has 1 heterocycles. The van der Waals surface area contributed by atoms with Crippen molar-refractivity contribution in [1.82, 2.24) is 4.90 Å². The number of hydrogen-bond acceptors (Lipinski definition) is 5. The van der Waals surface area contributed by atoms with E-state index in [4.69, 9.17) is 9.47 Å². The molecule has 196 valence electrons. The van der Waals surface area contributed by atoms with Crippen LogP contribution >= 0.6 is 0 Å². The maximum atomic E-state index is 12.7. The van der Waals surface area contributed by atoms with Crippen molar-refractivity contribution in [3.63, 3.8) is 0 Å². The van der Waals surface area contributed by atoms with Crippen LogP contribution in [-0.4, -0.2) is 30.6 Å². The lowest BCUT2D eigenvalue weighted by Gasteiger charge is -2.35. The highest BCUT2D eigenvalue weighted by atomic mass is 16.5. The Bertz CT molecular complexity index is 1510. The molecule has 0 bridgehead atoms. The van der Waals surface area contributed by atoms with E-state index in [0.717, 1.165) is 34.4 Å². The van der Waals surface area contributed by atoms with Crippen LogP contribution in [0.5, 0.6) is 5.75 Å². The first kappa shape index (κ1) is 26.2. The second-order valence-electron chi connectivity index (χ2n) is 9.95. The average molecular weight is 517 g/mol. The Morgan fingerprint density at radius 2 is 1.79 bits per heavy atom. The fraction of sp³-hybridized carbons (Fsp3) is 0.235. The number of fused-ring (bicyclic) bond motifs is 1. The van der Waals surface area contributed by atoms with Gasteiger partial charge >= 0.3 is 5.97 Å². The molecular formula is C34H32N2O3. The summed E-state index contributed by atoms with van der Waals surface area (Å²) in [5.41, 5.74) is 8.81. The Morgan fingerprint density at radius 1 is 0.974 bits per heavy atom. The summed E-state index contributed by atoms with van der Waals surface area (Å²) in [6.07, 6.45) is 1.34. The maximum Gasteiger partial charge on any atom is 0.323 e. The van der Waals surface area contributed by atoms with E-state index in [0.29, 0.717) is 31.7 Å². The molecule has 0 spiro atoms. The second kappa shape index (κ2) is 12.0. The topological polar surface area (TPSA) is 62.6 Å². The maximum absolute atomic E-state index is 12.7. The van der Waals surface area contributed by atoms with Gasteiger partial charge in [-0.1, -0.05) is 66.7 Å². The fourth-order valence-corrected chi connectivity index (χ4v) is 5.31. The first-order valence-corrected chi connectivity index (χ1v) is 13.2. The quantitative estimate of drug-likeness (QED) is 0.259. The van der Waals surface area contributed by atoms with Gasteiger partial charge in [-0.15, -0.1) is 0 Å². The van der Waals surface area contributed by atoms with Crippen molar-refractivity contribution < 1.29 is 14.3 Å². The van der Waals surface area contributed by atoms with Gasteiger partial charge in [-0.05, 0) is 83.0 Å². The summed E-state index contributed by atoms with van der Waals surface area (Å²) >= 11 is 0. The lowest BCUT2D eigenvalue weighted by molar-refractivity contribution is -0.147. The summed E-state index contributed by atoms with van der Waals surface area (Å²) < 4.78 is 11.4. The van der Waals surface area contributed by atoms with Crippen molar-refractivity contribution in [2.24, 2.45) is 0 Å². The minimum absolute atomic E-state index is 0.222. The van der Waals surface area contributed by atoms with E-state index in [1.807, 2.05) is 30.3 Å². The van der Waals surface area contributed by atoms with E-state index in [2.05, 4.69) is 72.5 Å². The van der Waals surface area contributed by atoms with Crippen LogP contribution in [0.15, 0.2) is 91.0 Å². The van der Waals surface area contributed by atoms with Gasteiger partial charge in [-0.3, -0.25) is 9.69 Å². The third-order valence-corrected chi connectivity index (χ3v) is 7.55. The molecule has 0 amide bonds. The number of nitrogens with zero attached hydrogens (tertiary/aromatic N) is 2. The SMILES string of the molecule is COC(=O)[C@@H]1Cc2ccc(OCc3cccc(-c4ccccc4)c3C)cc2CN1CCc1cccc(C#N)c1. The zero-order chi connectivity index (χ0) is 27.2. The third-order valence-electron chi connectivity index (χ3n) is 7.55. The standard InChI is InChI=1S/C34H32N2O3/c1-24-29(12-7-13-32(24)27-10-4-3-5-11-27)23-39-31-15-14-28-20-33(34(37)38-2)36(22-30(28)19-31)17-16-25-8-6-9-26(18-25)21-35/h3-15,18-19,33H,16-17,20,22-23H2,1-2H3/t33-/m0/s1. The van der Waals surface area contributed by atoms with Crippen LogP contribution in [0.4, 0.5) is 0 Å². The predicted octanol–water partition coefficient (Wildman–Crippen LogP) is 6.26. The summed E-state index contributed by atoms with van der Waals surface area (Å²) in [5, 5.41) is 9.22. The number of rotatable bonds is 8. The first-order valence-electron chi connectivity index (χ1n) is 13.2. The Hall–Kier alpha value is -4.40. The Morgan fingerprint density at radius 3 is 2.59 bits per heavy atom. The van der Waals surface area contributed by atoms with Crippen LogP contribution in [0.1, 0.15) is 33.4 Å². The summed E-state index contributed by atoms with van der Waals surface area (Å²) in [6, 6.07) is 32.4. The molecule has 5 nitrogen and oxygen atoms in total. The number of carbonyl (C=O) groups excluding carboxylic acids is 1. The van der Waals surface area contributed by atoms with Crippen LogP contribution in [0.3, 0.4) is 0 Å². The highest BCUT2D eigenvalue weighted by molar-refractivity contribution is 5.76. The van der Waals surface area contributed by atoms with Crippen LogP contribution in [0.25, 0.3) is 11.1 Å². The second-order valence-corrected chi connectivity index (χ2v) is 9.95. The van der Waals surface area contributed by atoms with Gasteiger partial charge in [0.1, 0.15) is 18.4 Å². The van der Waals surface area contributed by atoms with Crippen LogP contribution in [0.2, 0.25) is 0 Å². The molecule has 0 fully saturated rings. The molecule has 5 heteroatoms. The van der Waals surface area contributed by atoms with E-state index < -0.39 is 0 Å². The summed E-state index contributed by atoms with van der Waals surface area (Å²) in [6.45, 7) is 3.94. The zero-order valence-corrected chi connectivity index (χ0v) is 22.4. The van der Waals surface area contributed by atoms with Crippen molar-refractivity contribution in [2.75, 3.05) is 13.7 Å². The molecule has 0 radical (unpaired) electrons. The molecule has 5 rings (SSSR count).